The van der Waals surface area contributed by atoms with Crippen LogP contribution < -0.4 is 0 Å². The van der Waals surface area contributed by atoms with E-state index in [4.69, 9.17) is 0 Å². The van der Waals surface area contributed by atoms with E-state index >= 15 is 0 Å². The van der Waals surface area contributed by atoms with Crippen molar-refractivity contribution in [2.24, 2.45) is 0 Å². The Labute approximate surface area is 216 Å². The van der Waals surface area contributed by atoms with Gasteiger partial charge in [-0.1, -0.05) is 137 Å². The summed E-state index contributed by atoms with van der Waals surface area (Å²) in [6.07, 6.45) is 4.16. The number of aromatic hydroxyl groups is 2. The van der Waals surface area contributed by atoms with Crippen LogP contribution in [0, 0.1) is 0 Å². The molecule has 0 aliphatic rings. The summed E-state index contributed by atoms with van der Waals surface area (Å²) in [6.45, 7) is 6.48. The maximum Gasteiger partial charge on any atom is 0.123 e. The molecule has 0 spiro atoms. The SMILES string of the molecule is CCCCCC(c1cccc(C(C)c2ccccc2)c1O)c1cccc(C(C)c2ccccc2)c1O. The third-order valence-electron chi connectivity index (χ3n) is 7.58. The first-order chi connectivity index (χ1) is 17.5. The van der Waals surface area contributed by atoms with Crippen molar-refractivity contribution in [2.75, 3.05) is 0 Å². The van der Waals surface area contributed by atoms with Crippen molar-refractivity contribution in [3.8, 4) is 11.5 Å². The van der Waals surface area contributed by atoms with E-state index in [9.17, 15) is 10.2 Å². The van der Waals surface area contributed by atoms with Gasteiger partial charge in [-0.2, -0.15) is 0 Å². The van der Waals surface area contributed by atoms with Crippen LogP contribution in [0.2, 0.25) is 0 Å². The van der Waals surface area contributed by atoms with E-state index in [-0.39, 0.29) is 17.8 Å². The molecule has 36 heavy (non-hydrogen) atoms. The maximum atomic E-state index is 11.6. The lowest BCUT2D eigenvalue weighted by atomic mass is 9.81. The van der Waals surface area contributed by atoms with Gasteiger partial charge in [0, 0.05) is 40.0 Å². The smallest absolute Gasteiger partial charge is 0.123 e. The van der Waals surface area contributed by atoms with Crippen molar-refractivity contribution in [2.45, 2.75) is 64.2 Å². The largest absolute Gasteiger partial charge is 0.507 e. The molecule has 4 aromatic rings. The fraction of sp³-hybridized carbons (Fsp3) is 0.294. The first kappa shape index (κ1) is 25.6. The van der Waals surface area contributed by atoms with E-state index in [1.165, 1.54) is 11.1 Å². The van der Waals surface area contributed by atoms with Crippen LogP contribution in [-0.4, -0.2) is 10.2 Å². The third kappa shape index (κ3) is 5.49. The number of phenolic OH excluding ortho intramolecular Hbond substituents is 2. The van der Waals surface area contributed by atoms with E-state index < -0.39 is 0 Å². The van der Waals surface area contributed by atoms with Crippen molar-refractivity contribution >= 4 is 0 Å². The number of benzene rings is 4. The molecule has 4 rings (SSSR count). The summed E-state index contributed by atoms with van der Waals surface area (Å²) < 4.78 is 0. The number of hydrogen-bond acceptors (Lipinski definition) is 2. The Morgan fingerprint density at radius 2 is 0.944 bits per heavy atom. The summed E-state index contributed by atoms with van der Waals surface area (Å²) >= 11 is 0. The molecule has 0 radical (unpaired) electrons. The summed E-state index contributed by atoms with van der Waals surface area (Å²) in [5.74, 6) is 0.746. The summed E-state index contributed by atoms with van der Waals surface area (Å²) in [4.78, 5) is 0. The van der Waals surface area contributed by atoms with E-state index in [0.29, 0.717) is 11.5 Å². The molecule has 2 atom stereocenters. The molecular weight excluding hydrogens is 440 g/mol. The average molecular weight is 479 g/mol. The minimum Gasteiger partial charge on any atom is -0.507 e. The molecule has 2 heteroatoms. The van der Waals surface area contributed by atoms with Crippen LogP contribution in [-0.2, 0) is 0 Å². The van der Waals surface area contributed by atoms with Crippen molar-refractivity contribution in [3.05, 3.63) is 130 Å². The lowest BCUT2D eigenvalue weighted by Crippen LogP contribution is -2.07. The topological polar surface area (TPSA) is 40.5 Å². The predicted octanol–water partition coefficient (Wildman–Crippen LogP) is 9.11. The van der Waals surface area contributed by atoms with Crippen LogP contribution >= 0.6 is 0 Å². The molecule has 2 N–H and O–H groups in total. The zero-order chi connectivity index (χ0) is 25.5. The minimum atomic E-state index is -0.0811. The zero-order valence-electron chi connectivity index (χ0n) is 21.7. The average Bonchev–Trinajstić information content (AvgIpc) is 2.92. The van der Waals surface area contributed by atoms with Crippen molar-refractivity contribution < 1.29 is 10.2 Å². The van der Waals surface area contributed by atoms with Gasteiger partial charge in [-0.25, -0.2) is 0 Å². The summed E-state index contributed by atoms with van der Waals surface area (Å²) in [7, 11) is 0. The lowest BCUT2D eigenvalue weighted by molar-refractivity contribution is 0.439. The van der Waals surface area contributed by atoms with Gasteiger partial charge < -0.3 is 10.2 Å². The fourth-order valence-corrected chi connectivity index (χ4v) is 5.34. The Kier molecular flexibility index (Phi) is 8.48. The number of rotatable bonds is 10. The monoisotopic (exact) mass is 478 g/mol. The molecule has 0 aliphatic heterocycles. The highest BCUT2D eigenvalue weighted by Gasteiger charge is 2.26. The highest BCUT2D eigenvalue weighted by Crippen LogP contribution is 2.45. The highest BCUT2D eigenvalue weighted by molar-refractivity contribution is 5.54. The summed E-state index contributed by atoms with van der Waals surface area (Å²) in [5.41, 5.74) is 5.99. The quantitative estimate of drug-likeness (QED) is 0.223. The van der Waals surface area contributed by atoms with Gasteiger partial charge in [0.1, 0.15) is 11.5 Å². The van der Waals surface area contributed by atoms with Crippen molar-refractivity contribution in [1.29, 1.82) is 0 Å². The Hall–Kier alpha value is -3.52. The maximum absolute atomic E-state index is 11.6. The molecule has 2 nitrogen and oxygen atoms in total. The number of para-hydroxylation sites is 2. The fourth-order valence-electron chi connectivity index (χ4n) is 5.34. The van der Waals surface area contributed by atoms with Crippen LogP contribution in [0.25, 0.3) is 0 Å². The molecular formula is C34H38O2. The molecule has 0 fully saturated rings. The van der Waals surface area contributed by atoms with Crippen LogP contribution in [0.15, 0.2) is 97.1 Å². The Morgan fingerprint density at radius 1 is 0.528 bits per heavy atom. The molecule has 186 valence electrons. The van der Waals surface area contributed by atoms with Gasteiger partial charge in [-0.05, 0) is 17.5 Å². The lowest BCUT2D eigenvalue weighted by Gasteiger charge is -2.25. The van der Waals surface area contributed by atoms with Gasteiger partial charge >= 0.3 is 0 Å². The predicted molar refractivity (Wildman–Crippen MR) is 150 cm³/mol. The van der Waals surface area contributed by atoms with E-state index in [1.807, 2.05) is 72.8 Å². The van der Waals surface area contributed by atoms with Gasteiger partial charge in [-0.15, -0.1) is 0 Å². The summed E-state index contributed by atoms with van der Waals surface area (Å²) in [5, 5.41) is 23.1. The molecule has 0 heterocycles. The second-order valence-electron chi connectivity index (χ2n) is 9.88. The van der Waals surface area contributed by atoms with Crippen molar-refractivity contribution in [3.63, 3.8) is 0 Å². The third-order valence-corrected chi connectivity index (χ3v) is 7.58. The first-order valence-electron chi connectivity index (χ1n) is 13.3. The van der Waals surface area contributed by atoms with Gasteiger partial charge in [0.05, 0.1) is 0 Å². The van der Waals surface area contributed by atoms with Crippen LogP contribution in [0.3, 0.4) is 0 Å². The van der Waals surface area contributed by atoms with Crippen LogP contribution in [0.1, 0.15) is 97.6 Å². The van der Waals surface area contributed by atoms with Gasteiger partial charge in [0.2, 0.25) is 0 Å². The molecule has 4 aromatic carbocycles. The molecule has 0 aromatic heterocycles. The summed E-state index contributed by atoms with van der Waals surface area (Å²) in [6, 6.07) is 32.8. The normalized spacial score (nSPS) is 13.8. The second kappa shape index (κ2) is 11.9. The second-order valence-corrected chi connectivity index (χ2v) is 9.88. The van der Waals surface area contributed by atoms with E-state index in [0.717, 1.165) is 47.9 Å². The number of hydrogen-bond donors (Lipinski definition) is 2. The minimum absolute atomic E-state index is 0.0699. The Bertz CT molecular complexity index is 1150. The molecule has 0 bridgehead atoms. The van der Waals surface area contributed by atoms with Crippen molar-refractivity contribution in [1.82, 2.24) is 0 Å². The Morgan fingerprint density at radius 3 is 1.36 bits per heavy atom. The standard InChI is InChI=1S/C34H38O2/c1-4-5-8-19-30(31-22-13-20-28(33(31)35)24(2)26-15-9-6-10-16-26)32-23-14-21-29(34(32)36)25(3)27-17-11-7-12-18-27/h6-7,9-18,20-25,30,35-36H,4-5,8,19H2,1-3H3. The van der Waals surface area contributed by atoms with Crippen LogP contribution in [0.5, 0.6) is 11.5 Å². The highest BCUT2D eigenvalue weighted by atomic mass is 16.3. The Balaban J connectivity index is 1.77. The first-order valence-corrected chi connectivity index (χ1v) is 13.3. The van der Waals surface area contributed by atoms with Crippen LogP contribution in [0.4, 0.5) is 0 Å². The molecule has 0 saturated heterocycles. The van der Waals surface area contributed by atoms with E-state index in [2.05, 4.69) is 45.0 Å². The number of unbranched alkanes of at least 4 members (excludes halogenated alkanes) is 2. The van der Waals surface area contributed by atoms with E-state index in [1.54, 1.807) is 0 Å². The molecule has 0 saturated carbocycles. The zero-order valence-corrected chi connectivity index (χ0v) is 21.7. The molecule has 2 unspecified atom stereocenters. The molecule has 0 aliphatic carbocycles. The van der Waals surface area contributed by atoms with Gasteiger partial charge in [0.15, 0.2) is 0 Å². The van der Waals surface area contributed by atoms with Gasteiger partial charge in [-0.3, -0.25) is 0 Å². The van der Waals surface area contributed by atoms with Gasteiger partial charge in [0.25, 0.3) is 0 Å². The molecule has 0 amide bonds. The number of phenols is 2.